The van der Waals surface area contributed by atoms with Gasteiger partial charge in [0, 0.05) is 24.8 Å². The van der Waals surface area contributed by atoms with E-state index in [2.05, 4.69) is 11.0 Å². The zero-order chi connectivity index (χ0) is 13.3. The Morgan fingerprint density at radius 1 is 1.50 bits per heavy atom. The summed E-state index contributed by atoms with van der Waals surface area (Å²) in [6, 6.07) is 8.16. The van der Waals surface area contributed by atoms with E-state index in [-0.39, 0.29) is 6.04 Å². The lowest BCUT2D eigenvalue weighted by Crippen LogP contribution is -2.48. The molecule has 1 unspecified atom stereocenters. The lowest BCUT2D eigenvalue weighted by molar-refractivity contribution is -0.146. The molecule has 0 aromatic heterocycles. The van der Waals surface area contributed by atoms with E-state index in [0.717, 1.165) is 12.1 Å². The highest BCUT2D eigenvalue weighted by molar-refractivity contribution is 5.75. The van der Waals surface area contributed by atoms with Gasteiger partial charge in [0.05, 0.1) is 5.41 Å². The van der Waals surface area contributed by atoms with Gasteiger partial charge in [0.15, 0.2) is 0 Å². The van der Waals surface area contributed by atoms with Crippen LogP contribution < -0.4 is 10.6 Å². The van der Waals surface area contributed by atoms with Gasteiger partial charge in [0.2, 0.25) is 0 Å². The van der Waals surface area contributed by atoms with Gasteiger partial charge in [-0.25, -0.2) is 0 Å². The molecule has 0 saturated heterocycles. The SMILES string of the molecule is CC(C)(CN1CC(N)Cc2ccccc21)C(=O)O. The molecule has 0 bridgehead atoms. The molecule has 0 spiro atoms. The molecule has 1 aliphatic rings. The molecule has 1 heterocycles. The summed E-state index contributed by atoms with van der Waals surface area (Å²) in [5, 5.41) is 9.23. The molecule has 1 atom stereocenters. The number of carbonyl (C=O) groups is 1. The van der Waals surface area contributed by atoms with Crippen LogP contribution in [0.4, 0.5) is 5.69 Å². The Hall–Kier alpha value is -1.55. The molecular weight excluding hydrogens is 228 g/mol. The normalized spacial score (nSPS) is 19.5. The summed E-state index contributed by atoms with van der Waals surface area (Å²) in [5.74, 6) is -0.779. The van der Waals surface area contributed by atoms with Crippen molar-refractivity contribution in [3.63, 3.8) is 0 Å². The molecule has 0 saturated carbocycles. The summed E-state index contributed by atoms with van der Waals surface area (Å²) in [6.45, 7) is 4.69. The van der Waals surface area contributed by atoms with Gasteiger partial charge >= 0.3 is 5.97 Å². The second kappa shape index (κ2) is 4.61. The highest BCUT2D eigenvalue weighted by Gasteiger charge is 2.32. The van der Waals surface area contributed by atoms with Crippen LogP contribution in [0.1, 0.15) is 19.4 Å². The van der Waals surface area contributed by atoms with Crippen LogP contribution in [0.3, 0.4) is 0 Å². The highest BCUT2D eigenvalue weighted by atomic mass is 16.4. The van der Waals surface area contributed by atoms with E-state index in [0.29, 0.717) is 13.1 Å². The maximum Gasteiger partial charge on any atom is 0.310 e. The van der Waals surface area contributed by atoms with Crippen molar-refractivity contribution in [2.45, 2.75) is 26.3 Å². The van der Waals surface area contributed by atoms with Crippen LogP contribution in [-0.4, -0.2) is 30.2 Å². The number of carboxylic acid groups (broad SMARTS) is 1. The standard InChI is InChI=1S/C14H20N2O2/c1-14(2,13(17)18)9-16-8-11(15)7-10-5-3-4-6-12(10)16/h3-6,11H,7-9,15H2,1-2H3,(H,17,18). The van der Waals surface area contributed by atoms with Gasteiger partial charge < -0.3 is 15.7 Å². The van der Waals surface area contributed by atoms with Gasteiger partial charge in [-0.05, 0) is 31.9 Å². The Kier molecular flexibility index (Phi) is 3.30. The zero-order valence-corrected chi connectivity index (χ0v) is 10.9. The van der Waals surface area contributed by atoms with Crippen molar-refractivity contribution in [3.8, 4) is 0 Å². The average Bonchev–Trinajstić information content (AvgIpc) is 2.28. The number of nitrogens with zero attached hydrogens (tertiary/aromatic N) is 1. The number of fused-ring (bicyclic) bond motifs is 1. The van der Waals surface area contributed by atoms with Crippen LogP contribution in [-0.2, 0) is 11.2 Å². The molecule has 1 aliphatic heterocycles. The third-order valence-electron chi connectivity index (χ3n) is 3.43. The maximum atomic E-state index is 11.2. The van der Waals surface area contributed by atoms with Gasteiger partial charge in [0.25, 0.3) is 0 Å². The first kappa shape index (κ1) is 12.9. The van der Waals surface area contributed by atoms with Crippen molar-refractivity contribution in [2.75, 3.05) is 18.0 Å². The van der Waals surface area contributed by atoms with E-state index < -0.39 is 11.4 Å². The van der Waals surface area contributed by atoms with Gasteiger partial charge in [-0.1, -0.05) is 18.2 Å². The van der Waals surface area contributed by atoms with E-state index >= 15 is 0 Å². The van der Waals surface area contributed by atoms with Crippen LogP contribution in [0, 0.1) is 5.41 Å². The Labute approximate surface area is 107 Å². The summed E-state index contributed by atoms with van der Waals surface area (Å²) in [4.78, 5) is 13.3. The Bertz CT molecular complexity index is 457. The molecule has 0 amide bonds. The van der Waals surface area contributed by atoms with Crippen molar-refractivity contribution in [3.05, 3.63) is 29.8 Å². The van der Waals surface area contributed by atoms with E-state index in [1.807, 2.05) is 18.2 Å². The van der Waals surface area contributed by atoms with E-state index in [1.54, 1.807) is 13.8 Å². The van der Waals surface area contributed by atoms with Crippen molar-refractivity contribution < 1.29 is 9.90 Å². The smallest absolute Gasteiger partial charge is 0.310 e. The summed E-state index contributed by atoms with van der Waals surface area (Å²) >= 11 is 0. The number of anilines is 1. The first-order valence-electron chi connectivity index (χ1n) is 6.22. The topological polar surface area (TPSA) is 66.6 Å². The number of carboxylic acids is 1. The van der Waals surface area contributed by atoms with E-state index in [1.165, 1.54) is 5.56 Å². The van der Waals surface area contributed by atoms with Crippen molar-refractivity contribution in [1.82, 2.24) is 0 Å². The molecule has 0 fully saturated rings. The predicted molar refractivity (Wildman–Crippen MR) is 71.8 cm³/mol. The van der Waals surface area contributed by atoms with Crippen LogP contribution in [0.15, 0.2) is 24.3 Å². The van der Waals surface area contributed by atoms with Crippen molar-refractivity contribution >= 4 is 11.7 Å². The minimum Gasteiger partial charge on any atom is -0.481 e. The monoisotopic (exact) mass is 248 g/mol. The molecule has 2 rings (SSSR count). The van der Waals surface area contributed by atoms with Crippen LogP contribution in [0.5, 0.6) is 0 Å². The minimum atomic E-state index is -0.779. The fraction of sp³-hybridized carbons (Fsp3) is 0.500. The largest absolute Gasteiger partial charge is 0.481 e. The Morgan fingerprint density at radius 3 is 2.83 bits per heavy atom. The lowest BCUT2D eigenvalue weighted by Gasteiger charge is -2.38. The van der Waals surface area contributed by atoms with Crippen LogP contribution in [0.25, 0.3) is 0 Å². The second-order valence-corrected chi connectivity index (χ2v) is 5.66. The third-order valence-corrected chi connectivity index (χ3v) is 3.43. The summed E-state index contributed by atoms with van der Waals surface area (Å²) in [6.07, 6.45) is 0.861. The summed E-state index contributed by atoms with van der Waals surface area (Å²) in [7, 11) is 0. The van der Waals surface area contributed by atoms with E-state index in [9.17, 15) is 9.90 Å². The fourth-order valence-electron chi connectivity index (χ4n) is 2.41. The molecule has 1 aromatic rings. The second-order valence-electron chi connectivity index (χ2n) is 5.66. The molecule has 18 heavy (non-hydrogen) atoms. The molecule has 3 N–H and O–H groups in total. The molecular formula is C14H20N2O2. The Morgan fingerprint density at radius 2 is 2.17 bits per heavy atom. The van der Waals surface area contributed by atoms with Gasteiger partial charge in [0.1, 0.15) is 0 Å². The number of benzene rings is 1. The molecule has 1 aromatic carbocycles. The van der Waals surface area contributed by atoms with Gasteiger partial charge in [-0.3, -0.25) is 4.79 Å². The maximum absolute atomic E-state index is 11.2. The number of rotatable bonds is 3. The minimum absolute atomic E-state index is 0.0736. The fourth-order valence-corrected chi connectivity index (χ4v) is 2.41. The quantitative estimate of drug-likeness (QED) is 0.850. The van der Waals surface area contributed by atoms with Crippen molar-refractivity contribution in [1.29, 1.82) is 0 Å². The van der Waals surface area contributed by atoms with E-state index in [4.69, 9.17) is 5.73 Å². The zero-order valence-electron chi connectivity index (χ0n) is 10.9. The summed E-state index contributed by atoms with van der Waals surface area (Å²) in [5.41, 5.74) is 7.60. The molecule has 0 aliphatic carbocycles. The Balaban J connectivity index is 2.27. The van der Waals surface area contributed by atoms with Crippen molar-refractivity contribution in [2.24, 2.45) is 11.1 Å². The third kappa shape index (κ3) is 2.48. The first-order valence-corrected chi connectivity index (χ1v) is 6.22. The van der Waals surface area contributed by atoms with Gasteiger partial charge in [-0.15, -0.1) is 0 Å². The number of hydrogen-bond acceptors (Lipinski definition) is 3. The molecule has 0 radical (unpaired) electrons. The number of aliphatic carboxylic acids is 1. The lowest BCUT2D eigenvalue weighted by atomic mass is 9.90. The molecule has 4 nitrogen and oxygen atoms in total. The average molecular weight is 248 g/mol. The van der Waals surface area contributed by atoms with Gasteiger partial charge in [-0.2, -0.15) is 0 Å². The summed E-state index contributed by atoms with van der Waals surface area (Å²) < 4.78 is 0. The molecule has 98 valence electrons. The highest BCUT2D eigenvalue weighted by Crippen LogP contribution is 2.29. The predicted octanol–water partition coefficient (Wildman–Crippen LogP) is 1.49. The number of hydrogen-bond donors (Lipinski definition) is 2. The number of para-hydroxylation sites is 1. The number of nitrogens with two attached hydrogens (primary N) is 1. The molecule has 4 heteroatoms. The first-order chi connectivity index (χ1) is 8.40. The van der Waals surface area contributed by atoms with Crippen LogP contribution >= 0.6 is 0 Å². The van der Waals surface area contributed by atoms with Crippen LogP contribution in [0.2, 0.25) is 0 Å².